The van der Waals surface area contributed by atoms with Crippen molar-refractivity contribution in [1.29, 1.82) is 5.26 Å². The van der Waals surface area contributed by atoms with E-state index < -0.39 is 5.97 Å². The molecular formula is C15H24N2O2. The Labute approximate surface area is 115 Å². The fraction of sp³-hybridized carbons (Fsp3) is 0.867. The first-order valence-corrected chi connectivity index (χ1v) is 7.34. The van der Waals surface area contributed by atoms with Crippen molar-refractivity contribution in [3.8, 4) is 6.07 Å². The zero-order chi connectivity index (χ0) is 14.0. The van der Waals surface area contributed by atoms with Crippen LogP contribution in [-0.2, 0) is 4.79 Å². The van der Waals surface area contributed by atoms with Gasteiger partial charge in [0.25, 0.3) is 0 Å². The summed E-state index contributed by atoms with van der Waals surface area (Å²) in [6.07, 6.45) is 6.10. The zero-order valence-electron chi connectivity index (χ0n) is 11.9. The standard InChI is InChI=1S/C15H24N2O2/c1-15(2,10-16)7-3-4-8-17-11-5-6-13(17)12(9-11)14(18)19/h11-13H,3-9H2,1-2H3,(H,18,19). The van der Waals surface area contributed by atoms with Crippen LogP contribution in [0.15, 0.2) is 0 Å². The summed E-state index contributed by atoms with van der Waals surface area (Å²) in [5, 5.41) is 18.2. The van der Waals surface area contributed by atoms with Crippen LogP contribution in [0.3, 0.4) is 0 Å². The second-order valence-corrected chi connectivity index (χ2v) is 6.67. The molecule has 3 unspecified atom stereocenters. The topological polar surface area (TPSA) is 64.3 Å². The number of hydrogen-bond acceptors (Lipinski definition) is 3. The van der Waals surface area contributed by atoms with Crippen molar-refractivity contribution in [3.05, 3.63) is 0 Å². The van der Waals surface area contributed by atoms with Crippen molar-refractivity contribution in [1.82, 2.24) is 4.90 Å². The number of nitriles is 1. The van der Waals surface area contributed by atoms with Gasteiger partial charge in [-0.1, -0.05) is 6.42 Å². The highest BCUT2D eigenvalue weighted by Gasteiger charge is 2.48. The van der Waals surface area contributed by atoms with E-state index in [1.54, 1.807) is 0 Å². The maximum atomic E-state index is 11.2. The molecule has 2 saturated heterocycles. The molecule has 2 heterocycles. The third-order valence-corrected chi connectivity index (χ3v) is 4.77. The third-order valence-electron chi connectivity index (χ3n) is 4.77. The number of aliphatic carboxylic acids is 1. The molecule has 2 bridgehead atoms. The van der Waals surface area contributed by atoms with Crippen LogP contribution in [0.4, 0.5) is 0 Å². The molecule has 2 aliphatic rings. The van der Waals surface area contributed by atoms with Gasteiger partial charge in [0.15, 0.2) is 0 Å². The fourth-order valence-corrected chi connectivity index (χ4v) is 3.63. The highest BCUT2D eigenvalue weighted by Crippen LogP contribution is 2.41. The molecule has 3 atom stereocenters. The quantitative estimate of drug-likeness (QED) is 0.749. The Kier molecular flexibility index (Phi) is 4.15. The van der Waals surface area contributed by atoms with Crippen LogP contribution in [-0.4, -0.2) is 34.6 Å². The number of unbranched alkanes of at least 4 members (excludes halogenated alkanes) is 1. The molecule has 2 rings (SSSR count). The van der Waals surface area contributed by atoms with E-state index in [1.165, 1.54) is 0 Å². The first-order valence-electron chi connectivity index (χ1n) is 7.34. The summed E-state index contributed by atoms with van der Waals surface area (Å²) < 4.78 is 0. The lowest BCUT2D eigenvalue weighted by Crippen LogP contribution is -2.33. The van der Waals surface area contributed by atoms with Crippen LogP contribution >= 0.6 is 0 Å². The Morgan fingerprint density at radius 2 is 2.16 bits per heavy atom. The fourth-order valence-electron chi connectivity index (χ4n) is 3.63. The molecule has 4 heteroatoms. The van der Waals surface area contributed by atoms with E-state index in [0.29, 0.717) is 6.04 Å². The molecule has 0 radical (unpaired) electrons. The van der Waals surface area contributed by atoms with E-state index in [1.807, 2.05) is 13.8 Å². The average molecular weight is 264 g/mol. The molecule has 0 aromatic heterocycles. The summed E-state index contributed by atoms with van der Waals surface area (Å²) in [6.45, 7) is 4.96. The Hall–Kier alpha value is -1.08. The molecule has 2 aliphatic heterocycles. The van der Waals surface area contributed by atoms with E-state index in [-0.39, 0.29) is 17.4 Å². The first kappa shape index (κ1) is 14.3. The number of rotatable bonds is 6. The summed E-state index contributed by atoms with van der Waals surface area (Å²) in [5.41, 5.74) is -0.229. The van der Waals surface area contributed by atoms with Crippen molar-refractivity contribution in [2.75, 3.05) is 6.54 Å². The van der Waals surface area contributed by atoms with Gasteiger partial charge >= 0.3 is 5.97 Å². The third kappa shape index (κ3) is 3.09. The molecule has 4 nitrogen and oxygen atoms in total. The van der Waals surface area contributed by atoms with E-state index in [4.69, 9.17) is 5.26 Å². The summed E-state index contributed by atoms with van der Waals surface area (Å²) in [5.74, 6) is -0.767. The molecule has 2 fully saturated rings. The number of carboxylic acid groups (broad SMARTS) is 1. The molecule has 0 amide bonds. The molecular weight excluding hydrogens is 240 g/mol. The first-order chi connectivity index (χ1) is 8.94. The highest BCUT2D eigenvalue weighted by atomic mass is 16.4. The van der Waals surface area contributed by atoms with E-state index in [9.17, 15) is 9.90 Å². The molecule has 1 N–H and O–H groups in total. The summed E-state index contributed by atoms with van der Waals surface area (Å²) in [6, 6.07) is 3.10. The Morgan fingerprint density at radius 3 is 2.74 bits per heavy atom. The van der Waals surface area contributed by atoms with Crippen molar-refractivity contribution in [3.63, 3.8) is 0 Å². The van der Waals surface area contributed by atoms with Crippen molar-refractivity contribution < 1.29 is 9.90 Å². The minimum atomic E-state index is -0.622. The smallest absolute Gasteiger partial charge is 0.308 e. The Balaban J connectivity index is 1.76. The Morgan fingerprint density at radius 1 is 1.42 bits per heavy atom. The number of fused-ring (bicyclic) bond motifs is 2. The average Bonchev–Trinajstić information content (AvgIpc) is 2.91. The van der Waals surface area contributed by atoms with Crippen LogP contribution in [0.5, 0.6) is 0 Å². The van der Waals surface area contributed by atoms with Crippen LogP contribution in [0.1, 0.15) is 52.4 Å². The minimum Gasteiger partial charge on any atom is -0.481 e. The van der Waals surface area contributed by atoms with Gasteiger partial charge in [-0.2, -0.15) is 5.26 Å². The molecule has 0 saturated carbocycles. The van der Waals surface area contributed by atoms with Gasteiger partial charge in [0.2, 0.25) is 0 Å². The van der Waals surface area contributed by atoms with Crippen molar-refractivity contribution in [2.24, 2.45) is 11.3 Å². The molecule has 0 aromatic rings. The molecule has 19 heavy (non-hydrogen) atoms. The predicted molar refractivity (Wildman–Crippen MR) is 72.5 cm³/mol. The summed E-state index contributed by atoms with van der Waals surface area (Å²) >= 11 is 0. The van der Waals surface area contributed by atoms with E-state index in [2.05, 4.69) is 11.0 Å². The second kappa shape index (κ2) is 5.50. The SMILES string of the molecule is CC(C)(C#N)CCCCN1C2CCC1C(C(=O)O)C2. The van der Waals surface area contributed by atoms with Crippen LogP contribution in [0.2, 0.25) is 0 Å². The van der Waals surface area contributed by atoms with Crippen LogP contribution in [0, 0.1) is 22.7 Å². The van der Waals surface area contributed by atoms with Gasteiger partial charge in [0.1, 0.15) is 0 Å². The maximum absolute atomic E-state index is 11.2. The van der Waals surface area contributed by atoms with Gasteiger partial charge < -0.3 is 5.11 Å². The monoisotopic (exact) mass is 264 g/mol. The van der Waals surface area contributed by atoms with Gasteiger partial charge in [-0.15, -0.1) is 0 Å². The molecule has 0 aromatic carbocycles. The lowest BCUT2D eigenvalue weighted by Gasteiger charge is -2.23. The molecule has 0 spiro atoms. The van der Waals surface area contributed by atoms with Crippen molar-refractivity contribution in [2.45, 2.75) is 64.5 Å². The lowest BCUT2D eigenvalue weighted by molar-refractivity contribution is -0.142. The largest absolute Gasteiger partial charge is 0.481 e. The van der Waals surface area contributed by atoms with Gasteiger partial charge in [0.05, 0.1) is 17.4 Å². The Bertz CT molecular complexity index is 386. The predicted octanol–water partition coefficient (Wildman–Crippen LogP) is 2.64. The van der Waals surface area contributed by atoms with Crippen LogP contribution in [0.25, 0.3) is 0 Å². The number of carbonyl (C=O) groups is 1. The van der Waals surface area contributed by atoms with E-state index >= 15 is 0 Å². The van der Waals surface area contributed by atoms with Crippen LogP contribution < -0.4 is 0 Å². The molecule has 106 valence electrons. The minimum absolute atomic E-state index is 0.144. The number of carboxylic acids is 1. The number of nitrogens with zero attached hydrogens (tertiary/aromatic N) is 2. The van der Waals surface area contributed by atoms with Gasteiger partial charge in [-0.3, -0.25) is 9.69 Å². The normalized spacial score (nSPS) is 30.5. The second-order valence-electron chi connectivity index (χ2n) is 6.67. The number of hydrogen-bond donors (Lipinski definition) is 1. The van der Waals surface area contributed by atoms with Crippen molar-refractivity contribution >= 4 is 5.97 Å². The van der Waals surface area contributed by atoms with Gasteiger partial charge in [0, 0.05) is 12.1 Å². The van der Waals surface area contributed by atoms with Gasteiger partial charge in [-0.25, -0.2) is 0 Å². The molecule has 0 aliphatic carbocycles. The van der Waals surface area contributed by atoms with E-state index in [0.717, 1.165) is 45.1 Å². The zero-order valence-corrected chi connectivity index (χ0v) is 11.9. The summed E-state index contributed by atoms with van der Waals surface area (Å²) in [4.78, 5) is 13.6. The lowest BCUT2D eigenvalue weighted by atomic mass is 9.89. The maximum Gasteiger partial charge on any atom is 0.308 e. The highest BCUT2D eigenvalue weighted by molar-refractivity contribution is 5.71. The summed E-state index contributed by atoms with van der Waals surface area (Å²) in [7, 11) is 0. The van der Waals surface area contributed by atoms with Gasteiger partial charge in [-0.05, 0) is 52.5 Å².